The maximum Gasteiger partial charge on any atom is 0.293 e. The Labute approximate surface area is 171 Å². The van der Waals surface area contributed by atoms with Gasteiger partial charge in [-0.2, -0.15) is 0 Å². The van der Waals surface area contributed by atoms with Gasteiger partial charge < -0.3 is 15.7 Å². The van der Waals surface area contributed by atoms with E-state index < -0.39 is 30.2 Å². The quantitative estimate of drug-likeness (QED) is 0.497. The van der Waals surface area contributed by atoms with Gasteiger partial charge >= 0.3 is 0 Å². The first-order valence-electron chi connectivity index (χ1n) is 10.4. The van der Waals surface area contributed by atoms with Crippen LogP contribution in [0.2, 0.25) is 0 Å². The van der Waals surface area contributed by atoms with Gasteiger partial charge in [0.05, 0.1) is 11.5 Å². The summed E-state index contributed by atoms with van der Waals surface area (Å²) >= 11 is 1.17. The van der Waals surface area contributed by atoms with Crippen molar-refractivity contribution in [3.8, 4) is 0 Å². The van der Waals surface area contributed by atoms with Gasteiger partial charge in [-0.25, -0.2) is 0 Å². The molecule has 1 aromatic heterocycles. The van der Waals surface area contributed by atoms with Gasteiger partial charge in [0.15, 0.2) is 0 Å². The van der Waals surface area contributed by atoms with Crippen LogP contribution in [-0.2, 0) is 9.59 Å². The Kier molecular flexibility index (Phi) is 10.2. The van der Waals surface area contributed by atoms with Crippen LogP contribution in [0, 0.1) is 0 Å². The first kappa shape index (κ1) is 22.6. The van der Waals surface area contributed by atoms with E-state index in [2.05, 4.69) is 10.6 Å². The molecule has 0 unspecified atom stereocenters. The SMILES string of the molecule is O=C(N[C@@H](CO)C(=O)NC1CCCCCCCCCCC1)C(=O)c1cccs1. The molecule has 0 aromatic carbocycles. The lowest BCUT2D eigenvalue weighted by Crippen LogP contribution is -2.52. The molecule has 1 atom stereocenters. The Morgan fingerprint density at radius 2 is 1.57 bits per heavy atom. The lowest BCUT2D eigenvalue weighted by molar-refractivity contribution is -0.128. The van der Waals surface area contributed by atoms with Gasteiger partial charge in [0.1, 0.15) is 6.04 Å². The molecular formula is C21H32N2O4S. The molecule has 2 rings (SSSR count). The van der Waals surface area contributed by atoms with E-state index in [1.54, 1.807) is 17.5 Å². The molecule has 0 bridgehead atoms. The minimum atomic E-state index is -1.11. The molecule has 28 heavy (non-hydrogen) atoms. The molecule has 1 aliphatic rings. The van der Waals surface area contributed by atoms with Crippen LogP contribution in [0.25, 0.3) is 0 Å². The summed E-state index contributed by atoms with van der Waals surface area (Å²) in [5.41, 5.74) is 0. The van der Waals surface area contributed by atoms with E-state index in [1.807, 2.05) is 0 Å². The van der Waals surface area contributed by atoms with Crippen LogP contribution in [0.15, 0.2) is 17.5 Å². The number of thiophene rings is 1. The highest BCUT2D eigenvalue weighted by Gasteiger charge is 2.26. The smallest absolute Gasteiger partial charge is 0.293 e. The molecule has 1 aromatic rings. The van der Waals surface area contributed by atoms with E-state index in [1.165, 1.54) is 56.3 Å². The third-order valence-electron chi connectivity index (χ3n) is 5.21. The van der Waals surface area contributed by atoms with Crippen molar-refractivity contribution in [3.63, 3.8) is 0 Å². The van der Waals surface area contributed by atoms with Crippen molar-refractivity contribution in [2.24, 2.45) is 0 Å². The third kappa shape index (κ3) is 7.72. The Hall–Kier alpha value is -1.73. The van der Waals surface area contributed by atoms with Crippen molar-refractivity contribution in [2.45, 2.75) is 82.7 Å². The highest BCUT2D eigenvalue weighted by atomic mass is 32.1. The zero-order valence-corrected chi connectivity index (χ0v) is 17.3. The number of hydrogen-bond donors (Lipinski definition) is 3. The predicted molar refractivity (Wildman–Crippen MR) is 110 cm³/mol. The molecule has 7 heteroatoms. The van der Waals surface area contributed by atoms with Crippen molar-refractivity contribution in [2.75, 3.05) is 6.61 Å². The van der Waals surface area contributed by atoms with Gasteiger partial charge in [-0.15, -0.1) is 11.3 Å². The van der Waals surface area contributed by atoms with Gasteiger partial charge in [-0.3, -0.25) is 14.4 Å². The highest BCUT2D eigenvalue weighted by molar-refractivity contribution is 7.13. The number of aliphatic hydroxyl groups excluding tert-OH is 1. The number of ketones is 1. The number of amides is 2. The molecule has 1 fully saturated rings. The van der Waals surface area contributed by atoms with Gasteiger partial charge in [0.2, 0.25) is 5.91 Å². The molecule has 1 aliphatic carbocycles. The molecule has 3 N–H and O–H groups in total. The van der Waals surface area contributed by atoms with Crippen molar-refractivity contribution in [1.82, 2.24) is 10.6 Å². The molecular weight excluding hydrogens is 376 g/mol. The van der Waals surface area contributed by atoms with Gasteiger partial charge in [-0.05, 0) is 24.3 Å². The topological polar surface area (TPSA) is 95.5 Å². The summed E-state index contributed by atoms with van der Waals surface area (Å²) in [5.74, 6) is -1.98. The predicted octanol–water partition coefficient (Wildman–Crippen LogP) is 3.20. The van der Waals surface area contributed by atoms with Crippen LogP contribution >= 0.6 is 11.3 Å². The van der Waals surface area contributed by atoms with Crippen LogP contribution in [0.3, 0.4) is 0 Å². The molecule has 156 valence electrons. The van der Waals surface area contributed by atoms with Crippen molar-refractivity contribution < 1.29 is 19.5 Å². The number of carbonyl (C=O) groups is 3. The fourth-order valence-corrected chi connectivity index (χ4v) is 4.21. The van der Waals surface area contributed by atoms with Crippen molar-refractivity contribution in [1.29, 1.82) is 0 Å². The summed E-state index contributed by atoms with van der Waals surface area (Å²) in [6.07, 6.45) is 12.7. The molecule has 0 spiro atoms. The molecule has 0 saturated heterocycles. The number of nitrogens with one attached hydrogen (secondary N) is 2. The number of hydrogen-bond acceptors (Lipinski definition) is 5. The number of aliphatic hydroxyl groups is 1. The number of rotatable bonds is 6. The lowest BCUT2D eigenvalue weighted by Gasteiger charge is -2.23. The second kappa shape index (κ2) is 12.7. The average Bonchev–Trinajstić information content (AvgIpc) is 3.22. The van der Waals surface area contributed by atoms with Crippen LogP contribution in [0.1, 0.15) is 80.3 Å². The summed E-state index contributed by atoms with van der Waals surface area (Å²) < 4.78 is 0. The number of carbonyl (C=O) groups excluding carboxylic acids is 3. The van der Waals surface area contributed by atoms with Crippen LogP contribution in [0.5, 0.6) is 0 Å². The third-order valence-corrected chi connectivity index (χ3v) is 6.08. The second-order valence-corrected chi connectivity index (χ2v) is 8.43. The molecule has 0 aliphatic heterocycles. The van der Waals surface area contributed by atoms with E-state index in [0.717, 1.165) is 25.7 Å². The zero-order valence-electron chi connectivity index (χ0n) is 16.5. The van der Waals surface area contributed by atoms with E-state index in [-0.39, 0.29) is 6.04 Å². The van der Waals surface area contributed by atoms with E-state index in [4.69, 9.17) is 0 Å². The summed E-state index contributed by atoms with van der Waals surface area (Å²) in [7, 11) is 0. The minimum Gasteiger partial charge on any atom is -0.394 e. The first-order chi connectivity index (χ1) is 13.6. The lowest BCUT2D eigenvalue weighted by atomic mass is 9.97. The van der Waals surface area contributed by atoms with E-state index in [0.29, 0.717) is 4.88 Å². The largest absolute Gasteiger partial charge is 0.394 e. The maximum absolute atomic E-state index is 12.6. The van der Waals surface area contributed by atoms with E-state index in [9.17, 15) is 19.5 Å². The fraction of sp³-hybridized carbons (Fsp3) is 0.667. The molecule has 6 nitrogen and oxygen atoms in total. The van der Waals surface area contributed by atoms with Crippen molar-refractivity contribution in [3.05, 3.63) is 22.4 Å². The van der Waals surface area contributed by atoms with E-state index >= 15 is 0 Å². The molecule has 2 amide bonds. The molecule has 0 radical (unpaired) electrons. The molecule has 1 saturated carbocycles. The standard InChI is InChI=1S/C21H32N2O4S/c24-15-17(23-21(27)19(25)18-13-10-14-28-18)20(26)22-16-11-8-6-4-2-1-3-5-7-9-12-16/h10,13-14,16-17,24H,1-9,11-12,15H2,(H,22,26)(H,23,27)/t17-/m0/s1. The Bertz CT molecular complexity index is 606. The first-order valence-corrected chi connectivity index (χ1v) is 11.3. The summed E-state index contributed by atoms with van der Waals surface area (Å²) in [6.45, 7) is -0.540. The zero-order chi connectivity index (χ0) is 20.2. The number of Topliss-reactive ketones (excluding diaryl/α,β-unsaturated/α-hetero) is 1. The fourth-order valence-electron chi connectivity index (χ4n) is 3.55. The summed E-state index contributed by atoms with van der Waals surface area (Å²) in [6, 6.07) is 2.18. The Morgan fingerprint density at radius 1 is 1.00 bits per heavy atom. The Balaban J connectivity index is 1.87. The summed E-state index contributed by atoms with van der Waals surface area (Å²) in [5, 5.41) is 16.6. The minimum absolute atomic E-state index is 0.0471. The second-order valence-electron chi connectivity index (χ2n) is 7.48. The summed E-state index contributed by atoms with van der Waals surface area (Å²) in [4.78, 5) is 37.1. The van der Waals surface area contributed by atoms with Gasteiger partial charge in [0, 0.05) is 6.04 Å². The molecule has 1 heterocycles. The van der Waals surface area contributed by atoms with Crippen molar-refractivity contribution >= 4 is 28.9 Å². The highest BCUT2D eigenvalue weighted by Crippen LogP contribution is 2.17. The van der Waals surface area contributed by atoms with Gasteiger partial charge in [-0.1, -0.05) is 63.9 Å². The maximum atomic E-state index is 12.6. The Morgan fingerprint density at radius 3 is 2.07 bits per heavy atom. The van der Waals surface area contributed by atoms with Crippen LogP contribution in [0.4, 0.5) is 0 Å². The average molecular weight is 409 g/mol. The monoisotopic (exact) mass is 408 g/mol. The van der Waals surface area contributed by atoms with Crippen LogP contribution in [-0.4, -0.2) is 41.4 Å². The van der Waals surface area contributed by atoms with Gasteiger partial charge in [0.25, 0.3) is 11.7 Å². The van der Waals surface area contributed by atoms with Crippen LogP contribution < -0.4 is 10.6 Å². The normalized spacial score (nSPS) is 18.3.